The van der Waals surface area contributed by atoms with Crippen molar-refractivity contribution in [2.45, 2.75) is 26.3 Å². The lowest BCUT2D eigenvalue weighted by Crippen LogP contribution is -2.35. The molecule has 0 aliphatic rings. The molecule has 126 valence electrons. The molecule has 1 amide bonds. The number of halogens is 1. The quantitative estimate of drug-likeness (QED) is 0.879. The fourth-order valence-corrected chi connectivity index (χ4v) is 2.31. The Bertz CT molecular complexity index is 727. The average molecular weight is 338 g/mol. The molecule has 2 aromatic rings. The van der Waals surface area contributed by atoms with Gasteiger partial charge >= 0.3 is 0 Å². The molecule has 0 aliphatic heterocycles. The summed E-state index contributed by atoms with van der Waals surface area (Å²) in [5.74, 6) is 0.183. The van der Waals surface area contributed by atoms with Crippen LogP contribution in [0.25, 0.3) is 10.8 Å². The van der Waals surface area contributed by atoms with Crippen molar-refractivity contribution in [3.05, 3.63) is 46.4 Å². The molecule has 23 heavy (non-hydrogen) atoms. The highest BCUT2D eigenvalue weighted by atomic mass is 35.5. The Morgan fingerprint density at radius 2 is 1.96 bits per heavy atom. The Hall–Kier alpha value is -1.85. The summed E-state index contributed by atoms with van der Waals surface area (Å²) in [5.41, 5.74) is 6.07. The summed E-state index contributed by atoms with van der Waals surface area (Å²) in [6.45, 7) is 4.69. The lowest BCUT2D eigenvalue weighted by Gasteiger charge is -2.21. The van der Waals surface area contributed by atoms with Crippen molar-refractivity contribution in [3.8, 4) is 0 Å². The summed E-state index contributed by atoms with van der Waals surface area (Å²) in [6, 6.07) is 9.01. The predicted molar refractivity (Wildman–Crippen MR) is 96.2 cm³/mol. The lowest BCUT2D eigenvalue weighted by atomic mass is 10.0. The van der Waals surface area contributed by atoms with E-state index in [1.807, 2.05) is 12.1 Å². The number of hydrogen-bond acceptors (Lipinski definition) is 3. The summed E-state index contributed by atoms with van der Waals surface area (Å²) in [6.07, 6.45) is 0.734. The van der Waals surface area contributed by atoms with E-state index in [1.165, 1.54) is 0 Å². The van der Waals surface area contributed by atoms with Crippen LogP contribution in [0.1, 0.15) is 30.8 Å². The molecule has 3 N–H and O–H groups in total. The lowest BCUT2D eigenvalue weighted by molar-refractivity contribution is 0.0783. The van der Waals surface area contributed by atoms with Crippen molar-refractivity contribution in [2.75, 3.05) is 13.6 Å². The Kier molecular flexibility index (Phi) is 6.79. The number of nitrogens with two attached hydrogens (primary N) is 1. The van der Waals surface area contributed by atoms with Crippen LogP contribution in [0.3, 0.4) is 0 Å². The van der Waals surface area contributed by atoms with Crippen LogP contribution in [0.2, 0.25) is 0 Å². The molecular formula is C17H24ClN3O2. The van der Waals surface area contributed by atoms with Crippen LogP contribution in [0.5, 0.6) is 0 Å². The molecule has 5 nitrogen and oxygen atoms in total. The maximum Gasteiger partial charge on any atom is 0.270 e. The molecule has 0 aliphatic carbocycles. The van der Waals surface area contributed by atoms with Gasteiger partial charge in [0, 0.05) is 25.0 Å². The van der Waals surface area contributed by atoms with Gasteiger partial charge in [0.05, 0.1) is 0 Å². The molecule has 1 heterocycles. The number of amides is 1. The average Bonchev–Trinajstić information content (AvgIpc) is 2.51. The monoisotopic (exact) mass is 337 g/mol. The third kappa shape index (κ3) is 4.56. The van der Waals surface area contributed by atoms with Gasteiger partial charge in [0.25, 0.3) is 11.5 Å². The molecule has 0 radical (unpaired) electrons. The van der Waals surface area contributed by atoms with Crippen molar-refractivity contribution in [1.82, 2.24) is 9.88 Å². The van der Waals surface area contributed by atoms with Crippen molar-refractivity contribution in [1.29, 1.82) is 0 Å². The van der Waals surface area contributed by atoms with Crippen LogP contribution >= 0.6 is 12.4 Å². The molecule has 2 rings (SSSR count). The van der Waals surface area contributed by atoms with E-state index in [2.05, 4.69) is 18.8 Å². The maximum absolute atomic E-state index is 12.4. The number of H-pyrrole nitrogens is 1. The molecule has 0 fully saturated rings. The van der Waals surface area contributed by atoms with Crippen molar-refractivity contribution < 1.29 is 4.79 Å². The number of carbonyl (C=O) groups excluding carboxylic acids is 1. The zero-order chi connectivity index (χ0) is 16.3. The molecule has 0 saturated carbocycles. The third-order valence-corrected chi connectivity index (χ3v) is 3.98. The van der Waals surface area contributed by atoms with E-state index in [9.17, 15) is 9.59 Å². The first kappa shape index (κ1) is 19.2. The van der Waals surface area contributed by atoms with Crippen molar-refractivity contribution >= 4 is 29.1 Å². The minimum atomic E-state index is -0.242. The molecule has 0 saturated heterocycles. The van der Waals surface area contributed by atoms with Crippen LogP contribution < -0.4 is 11.3 Å². The first-order chi connectivity index (χ1) is 10.4. The Morgan fingerprint density at radius 1 is 1.30 bits per heavy atom. The molecule has 0 spiro atoms. The maximum atomic E-state index is 12.4. The Labute approximate surface area is 142 Å². The third-order valence-electron chi connectivity index (χ3n) is 3.98. The number of hydrogen-bond donors (Lipinski definition) is 2. The summed E-state index contributed by atoms with van der Waals surface area (Å²) in [4.78, 5) is 28.7. The van der Waals surface area contributed by atoms with Crippen LogP contribution in [0.4, 0.5) is 0 Å². The number of pyridine rings is 1. The fraction of sp³-hybridized carbons (Fsp3) is 0.412. The predicted octanol–water partition coefficient (Wildman–Crippen LogP) is 2.40. The zero-order valence-electron chi connectivity index (χ0n) is 13.7. The highest BCUT2D eigenvalue weighted by Crippen LogP contribution is 2.11. The SMILES string of the molecule is CC(C)C(N)CCN(C)C(=O)c1cc2ccccc2c(=O)[nH]1.Cl. The number of nitrogens with zero attached hydrogens (tertiary/aromatic N) is 1. The normalized spacial score (nSPS) is 12.0. The number of aromatic nitrogens is 1. The molecule has 1 atom stereocenters. The van der Waals surface area contributed by atoms with Gasteiger partial charge in [0.2, 0.25) is 0 Å². The molecular weight excluding hydrogens is 314 g/mol. The van der Waals surface area contributed by atoms with Crippen LogP contribution in [0.15, 0.2) is 35.1 Å². The van der Waals surface area contributed by atoms with Crippen LogP contribution in [-0.4, -0.2) is 35.4 Å². The summed E-state index contributed by atoms with van der Waals surface area (Å²) in [7, 11) is 1.73. The van der Waals surface area contributed by atoms with Gasteiger partial charge in [-0.25, -0.2) is 0 Å². The first-order valence-electron chi connectivity index (χ1n) is 7.53. The van der Waals surface area contributed by atoms with Crippen LogP contribution in [0, 0.1) is 5.92 Å². The van der Waals surface area contributed by atoms with Gasteiger partial charge < -0.3 is 15.6 Å². The van der Waals surface area contributed by atoms with Crippen LogP contribution in [-0.2, 0) is 0 Å². The molecule has 0 bridgehead atoms. The molecule has 6 heteroatoms. The second-order valence-electron chi connectivity index (χ2n) is 6.02. The first-order valence-corrected chi connectivity index (χ1v) is 7.53. The van der Waals surface area contributed by atoms with Gasteiger partial charge in [0.15, 0.2) is 0 Å². The van der Waals surface area contributed by atoms with E-state index in [1.54, 1.807) is 30.1 Å². The topological polar surface area (TPSA) is 79.2 Å². The second-order valence-corrected chi connectivity index (χ2v) is 6.02. The van der Waals surface area contributed by atoms with Gasteiger partial charge in [-0.05, 0) is 29.9 Å². The fourth-order valence-electron chi connectivity index (χ4n) is 2.31. The van der Waals surface area contributed by atoms with Gasteiger partial charge in [-0.2, -0.15) is 0 Å². The smallest absolute Gasteiger partial charge is 0.270 e. The second kappa shape index (κ2) is 8.13. The molecule has 1 aromatic heterocycles. The van der Waals surface area contributed by atoms with Gasteiger partial charge in [-0.1, -0.05) is 32.0 Å². The van der Waals surface area contributed by atoms with E-state index in [4.69, 9.17) is 5.73 Å². The van der Waals surface area contributed by atoms with Crippen molar-refractivity contribution in [3.63, 3.8) is 0 Å². The standard InChI is InChI=1S/C17H23N3O2.ClH/c1-11(2)14(18)8-9-20(3)17(22)15-10-12-6-4-5-7-13(12)16(21)19-15;/h4-7,10-11,14H,8-9,18H2,1-3H3,(H,19,21);1H. The number of rotatable bonds is 5. The highest BCUT2D eigenvalue weighted by Gasteiger charge is 2.16. The highest BCUT2D eigenvalue weighted by molar-refractivity contribution is 5.96. The summed E-state index contributed by atoms with van der Waals surface area (Å²) >= 11 is 0. The number of aromatic amines is 1. The zero-order valence-corrected chi connectivity index (χ0v) is 14.5. The van der Waals surface area contributed by atoms with Crippen molar-refractivity contribution in [2.24, 2.45) is 11.7 Å². The minimum Gasteiger partial charge on any atom is -0.340 e. The van der Waals surface area contributed by atoms with E-state index in [-0.39, 0.29) is 29.9 Å². The van der Waals surface area contributed by atoms with Gasteiger partial charge in [0.1, 0.15) is 5.69 Å². The summed E-state index contributed by atoms with van der Waals surface area (Å²) in [5, 5.41) is 1.35. The van der Waals surface area contributed by atoms with Gasteiger partial charge in [-0.15, -0.1) is 12.4 Å². The Morgan fingerprint density at radius 3 is 2.61 bits per heavy atom. The van der Waals surface area contributed by atoms with E-state index >= 15 is 0 Å². The van der Waals surface area contributed by atoms with E-state index < -0.39 is 0 Å². The minimum absolute atomic E-state index is 0. The summed E-state index contributed by atoms with van der Waals surface area (Å²) < 4.78 is 0. The number of benzene rings is 1. The number of fused-ring (bicyclic) bond motifs is 1. The number of nitrogens with one attached hydrogen (secondary N) is 1. The molecule has 1 unspecified atom stereocenters. The van der Waals surface area contributed by atoms with Gasteiger partial charge in [-0.3, -0.25) is 9.59 Å². The van der Waals surface area contributed by atoms with E-state index in [0.717, 1.165) is 11.8 Å². The number of carbonyl (C=O) groups is 1. The Balaban J connectivity index is 0.00000264. The molecule has 1 aromatic carbocycles. The largest absolute Gasteiger partial charge is 0.340 e. The van der Waals surface area contributed by atoms with E-state index in [0.29, 0.717) is 23.5 Å².